The van der Waals surface area contributed by atoms with Gasteiger partial charge in [-0.15, -0.1) is 11.3 Å². The standard InChI is InChI=1S/C11H16N2O3S/c1-8-10(17-7-12-8)2-3-13-4-5-16-9(6-13)11(14)15/h7,9H,2-6H2,1H3,(H,14,15). The lowest BCUT2D eigenvalue weighted by molar-refractivity contribution is -0.155. The lowest BCUT2D eigenvalue weighted by Crippen LogP contribution is -2.46. The fourth-order valence-electron chi connectivity index (χ4n) is 1.88. The summed E-state index contributed by atoms with van der Waals surface area (Å²) in [4.78, 5) is 18.5. The van der Waals surface area contributed by atoms with Crippen LogP contribution in [0, 0.1) is 6.92 Å². The molecule has 1 aliphatic heterocycles. The minimum Gasteiger partial charge on any atom is -0.479 e. The van der Waals surface area contributed by atoms with E-state index >= 15 is 0 Å². The van der Waals surface area contributed by atoms with Gasteiger partial charge in [0.1, 0.15) is 0 Å². The van der Waals surface area contributed by atoms with Crippen molar-refractivity contribution in [1.29, 1.82) is 0 Å². The van der Waals surface area contributed by atoms with Crippen molar-refractivity contribution in [3.8, 4) is 0 Å². The Morgan fingerprint density at radius 3 is 3.24 bits per heavy atom. The summed E-state index contributed by atoms with van der Waals surface area (Å²) in [6.07, 6.45) is 0.259. The Morgan fingerprint density at radius 1 is 1.76 bits per heavy atom. The zero-order valence-electron chi connectivity index (χ0n) is 9.76. The smallest absolute Gasteiger partial charge is 0.334 e. The van der Waals surface area contributed by atoms with Crippen LogP contribution in [0.1, 0.15) is 10.6 Å². The summed E-state index contributed by atoms with van der Waals surface area (Å²) in [6.45, 7) is 4.66. The number of hydrogen-bond donors (Lipinski definition) is 1. The minimum atomic E-state index is -0.872. The molecule has 1 fully saturated rings. The number of ether oxygens (including phenoxy) is 1. The van der Waals surface area contributed by atoms with Crippen LogP contribution in [0.5, 0.6) is 0 Å². The molecule has 1 atom stereocenters. The van der Waals surface area contributed by atoms with Crippen molar-refractivity contribution >= 4 is 17.3 Å². The lowest BCUT2D eigenvalue weighted by Gasteiger charge is -2.30. The van der Waals surface area contributed by atoms with Crippen molar-refractivity contribution in [3.05, 3.63) is 16.1 Å². The van der Waals surface area contributed by atoms with E-state index in [1.807, 2.05) is 12.4 Å². The first-order chi connectivity index (χ1) is 8.16. The quantitative estimate of drug-likeness (QED) is 0.862. The summed E-state index contributed by atoms with van der Waals surface area (Å²) in [6, 6.07) is 0. The average Bonchev–Trinajstić information content (AvgIpc) is 2.72. The number of carboxylic acids is 1. The molecule has 1 unspecified atom stereocenters. The van der Waals surface area contributed by atoms with Crippen molar-refractivity contribution in [3.63, 3.8) is 0 Å². The number of aryl methyl sites for hydroxylation is 1. The van der Waals surface area contributed by atoms with Crippen molar-refractivity contribution in [2.45, 2.75) is 19.4 Å². The van der Waals surface area contributed by atoms with Crippen LogP contribution < -0.4 is 0 Å². The lowest BCUT2D eigenvalue weighted by atomic mass is 10.2. The maximum Gasteiger partial charge on any atom is 0.334 e. The molecule has 0 aliphatic carbocycles. The molecule has 1 aromatic rings. The Hall–Kier alpha value is -0.980. The van der Waals surface area contributed by atoms with E-state index in [-0.39, 0.29) is 0 Å². The number of carboxylic acid groups (broad SMARTS) is 1. The average molecular weight is 256 g/mol. The van der Waals surface area contributed by atoms with E-state index in [2.05, 4.69) is 9.88 Å². The molecule has 0 spiro atoms. The molecular formula is C11H16N2O3S. The fraction of sp³-hybridized carbons (Fsp3) is 0.636. The van der Waals surface area contributed by atoms with Crippen LogP contribution in [0.2, 0.25) is 0 Å². The molecule has 6 heteroatoms. The monoisotopic (exact) mass is 256 g/mol. The highest BCUT2D eigenvalue weighted by atomic mass is 32.1. The van der Waals surface area contributed by atoms with Gasteiger partial charge in [0.25, 0.3) is 0 Å². The van der Waals surface area contributed by atoms with Crippen molar-refractivity contribution < 1.29 is 14.6 Å². The SMILES string of the molecule is Cc1ncsc1CCN1CCOC(C(=O)O)C1. The Balaban J connectivity index is 1.83. The third-order valence-electron chi connectivity index (χ3n) is 2.93. The van der Waals surface area contributed by atoms with E-state index in [1.165, 1.54) is 4.88 Å². The number of rotatable bonds is 4. The van der Waals surface area contributed by atoms with Gasteiger partial charge in [-0.25, -0.2) is 9.78 Å². The predicted molar refractivity (Wildman–Crippen MR) is 64.4 cm³/mol. The Morgan fingerprint density at radius 2 is 2.59 bits per heavy atom. The summed E-state index contributed by atoms with van der Waals surface area (Å²) in [5, 5.41) is 8.89. The van der Waals surface area contributed by atoms with Crippen molar-refractivity contribution in [2.24, 2.45) is 0 Å². The fourth-order valence-corrected chi connectivity index (χ4v) is 2.65. The number of hydrogen-bond acceptors (Lipinski definition) is 5. The molecule has 0 radical (unpaired) electrons. The molecule has 0 aromatic carbocycles. The summed E-state index contributed by atoms with van der Waals surface area (Å²) in [5.41, 5.74) is 2.93. The van der Waals surface area contributed by atoms with Gasteiger partial charge in [-0.2, -0.15) is 0 Å². The maximum absolute atomic E-state index is 10.8. The molecule has 5 nitrogen and oxygen atoms in total. The van der Waals surface area contributed by atoms with E-state index in [0.29, 0.717) is 13.2 Å². The molecule has 2 heterocycles. The van der Waals surface area contributed by atoms with Gasteiger partial charge in [-0.1, -0.05) is 0 Å². The zero-order chi connectivity index (χ0) is 12.3. The third-order valence-corrected chi connectivity index (χ3v) is 3.92. The second kappa shape index (κ2) is 5.57. The Bertz CT molecular complexity index is 394. The van der Waals surface area contributed by atoms with Crippen LogP contribution >= 0.6 is 11.3 Å². The third kappa shape index (κ3) is 3.24. The van der Waals surface area contributed by atoms with E-state index in [4.69, 9.17) is 9.84 Å². The van der Waals surface area contributed by atoms with E-state index in [0.717, 1.165) is 25.2 Å². The molecule has 0 amide bonds. The Kier molecular flexibility index (Phi) is 4.09. The number of aromatic nitrogens is 1. The first-order valence-electron chi connectivity index (χ1n) is 5.62. The first kappa shape index (κ1) is 12.5. The van der Waals surface area contributed by atoms with Gasteiger partial charge >= 0.3 is 5.97 Å². The van der Waals surface area contributed by atoms with Gasteiger partial charge in [0.15, 0.2) is 6.10 Å². The van der Waals surface area contributed by atoms with Crippen LogP contribution in [0.25, 0.3) is 0 Å². The van der Waals surface area contributed by atoms with Gasteiger partial charge in [0.05, 0.1) is 17.8 Å². The number of aliphatic carboxylic acids is 1. The predicted octanol–water partition coefficient (Wildman–Crippen LogP) is 0.779. The number of nitrogens with zero attached hydrogens (tertiary/aromatic N) is 2. The summed E-state index contributed by atoms with van der Waals surface area (Å²) >= 11 is 1.66. The maximum atomic E-state index is 10.8. The number of thiazole rings is 1. The summed E-state index contributed by atoms with van der Waals surface area (Å²) < 4.78 is 5.18. The molecule has 0 saturated carbocycles. The molecule has 1 saturated heterocycles. The molecule has 1 aliphatic rings. The second-order valence-electron chi connectivity index (χ2n) is 4.11. The van der Waals surface area contributed by atoms with Gasteiger partial charge in [-0.05, 0) is 13.3 Å². The van der Waals surface area contributed by atoms with Crippen molar-refractivity contribution in [1.82, 2.24) is 9.88 Å². The van der Waals surface area contributed by atoms with Gasteiger partial charge < -0.3 is 9.84 Å². The summed E-state index contributed by atoms with van der Waals surface area (Å²) in [5.74, 6) is -0.872. The largest absolute Gasteiger partial charge is 0.479 e. The van der Waals surface area contributed by atoms with Crippen LogP contribution in [-0.4, -0.2) is 53.3 Å². The number of carbonyl (C=O) groups is 1. The van der Waals surface area contributed by atoms with E-state index < -0.39 is 12.1 Å². The molecule has 2 rings (SSSR count). The normalized spacial score (nSPS) is 21.6. The molecule has 17 heavy (non-hydrogen) atoms. The van der Waals surface area contributed by atoms with Crippen LogP contribution in [0.4, 0.5) is 0 Å². The van der Waals surface area contributed by atoms with Crippen LogP contribution in [0.3, 0.4) is 0 Å². The Labute approximate surface area is 104 Å². The minimum absolute atomic E-state index is 0.479. The van der Waals surface area contributed by atoms with Gasteiger partial charge in [0, 0.05) is 24.5 Å². The summed E-state index contributed by atoms with van der Waals surface area (Å²) in [7, 11) is 0. The number of morpholine rings is 1. The van der Waals surface area contributed by atoms with Crippen LogP contribution in [0.15, 0.2) is 5.51 Å². The molecule has 94 valence electrons. The highest BCUT2D eigenvalue weighted by Gasteiger charge is 2.25. The van der Waals surface area contributed by atoms with Crippen molar-refractivity contribution in [2.75, 3.05) is 26.2 Å². The second-order valence-corrected chi connectivity index (χ2v) is 5.05. The molecule has 0 bridgehead atoms. The topological polar surface area (TPSA) is 62.7 Å². The molecular weight excluding hydrogens is 240 g/mol. The van der Waals surface area contributed by atoms with Gasteiger partial charge in [-0.3, -0.25) is 4.90 Å². The van der Waals surface area contributed by atoms with Crippen LogP contribution in [-0.2, 0) is 16.0 Å². The molecule has 1 aromatic heterocycles. The highest BCUT2D eigenvalue weighted by molar-refractivity contribution is 7.09. The molecule has 1 N–H and O–H groups in total. The van der Waals surface area contributed by atoms with Gasteiger partial charge in [0.2, 0.25) is 0 Å². The zero-order valence-corrected chi connectivity index (χ0v) is 10.6. The van der Waals surface area contributed by atoms with E-state index in [1.54, 1.807) is 11.3 Å². The first-order valence-corrected chi connectivity index (χ1v) is 6.50. The van der Waals surface area contributed by atoms with E-state index in [9.17, 15) is 4.79 Å². The highest BCUT2D eigenvalue weighted by Crippen LogP contribution is 2.14.